The fourth-order valence-electron chi connectivity index (χ4n) is 3.58. The van der Waals surface area contributed by atoms with Gasteiger partial charge in [-0.3, -0.25) is 14.5 Å². The van der Waals surface area contributed by atoms with E-state index in [4.69, 9.17) is 4.74 Å². The fourth-order valence-corrected chi connectivity index (χ4v) is 3.58. The predicted octanol–water partition coefficient (Wildman–Crippen LogP) is 5.86. The topological polar surface area (TPSA) is 71.0 Å². The lowest BCUT2D eigenvalue weighted by molar-refractivity contribution is -0.124. The Kier molecular flexibility index (Phi) is 8.59. The number of nitrogens with zero attached hydrogens (tertiary/aromatic N) is 2. The Morgan fingerprint density at radius 1 is 0.750 bits per heavy atom. The minimum Gasteiger partial charge on any atom is -0.489 e. The third kappa shape index (κ3) is 7.14. The van der Waals surface area contributed by atoms with Crippen LogP contribution in [-0.2, 0) is 16.2 Å². The van der Waals surface area contributed by atoms with Crippen LogP contribution in [0.5, 0.6) is 5.75 Å². The average molecular weight is 478 g/mol. The molecule has 4 aromatic carbocycles. The molecule has 0 bridgehead atoms. The highest BCUT2D eigenvalue weighted by Gasteiger charge is 2.18. The summed E-state index contributed by atoms with van der Waals surface area (Å²) < 4.78 is 5.83. The maximum Gasteiger partial charge on any atom is 0.240 e. The van der Waals surface area contributed by atoms with E-state index in [-0.39, 0.29) is 24.7 Å². The number of nitrogens with one attached hydrogen (secondary N) is 1. The summed E-state index contributed by atoms with van der Waals surface area (Å²) >= 11 is 0. The smallest absolute Gasteiger partial charge is 0.240 e. The maximum absolute atomic E-state index is 13.0. The predicted molar refractivity (Wildman–Crippen MR) is 142 cm³/mol. The van der Waals surface area contributed by atoms with Crippen LogP contribution in [0, 0.1) is 0 Å². The van der Waals surface area contributed by atoms with Crippen LogP contribution in [0.4, 0.5) is 11.4 Å². The molecule has 180 valence electrons. The lowest BCUT2D eigenvalue weighted by Crippen LogP contribution is -2.27. The van der Waals surface area contributed by atoms with Gasteiger partial charge < -0.3 is 4.74 Å². The number of hydrazone groups is 1. The van der Waals surface area contributed by atoms with Crippen molar-refractivity contribution in [3.05, 3.63) is 126 Å². The van der Waals surface area contributed by atoms with Crippen LogP contribution in [0.2, 0.25) is 0 Å². The van der Waals surface area contributed by atoms with Gasteiger partial charge in [-0.2, -0.15) is 5.10 Å². The van der Waals surface area contributed by atoms with Crippen molar-refractivity contribution in [1.82, 2.24) is 5.43 Å². The van der Waals surface area contributed by atoms with E-state index in [0.717, 1.165) is 22.5 Å². The monoisotopic (exact) mass is 477 g/mol. The van der Waals surface area contributed by atoms with Crippen LogP contribution in [0.3, 0.4) is 0 Å². The molecule has 2 amide bonds. The summed E-state index contributed by atoms with van der Waals surface area (Å²) in [5.41, 5.74) is 5.87. The molecule has 0 heterocycles. The number of amides is 2. The van der Waals surface area contributed by atoms with Crippen molar-refractivity contribution in [3.63, 3.8) is 0 Å². The molecule has 4 aromatic rings. The third-order valence-electron chi connectivity index (χ3n) is 5.35. The molecule has 6 nitrogen and oxygen atoms in total. The number of carbonyl (C=O) groups is 2. The Bertz CT molecular complexity index is 1250. The van der Waals surface area contributed by atoms with Crippen molar-refractivity contribution in [3.8, 4) is 5.75 Å². The van der Waals surface area contributed by atoms with Gasteiger partial charge in [0.25, 0.3) is 0 Å². The molecule has 0 radical (unpaired) electrons. The quantitative estimate of drug-likeness (QED) is 0.230. The Balaban J connectivity index is 1.29. The SMILES string of the molecule is O=C(CCC(=O)N(c1ccccc1)c1ccccc1)NN=Cc1cccc(OCc2ccccc2)c1. The van der Waals surface area contributed by atoms with Gasteiger partial charge in [0.05, 0.1) is 6.21 Å². The fraction of sp³-hybridized carbons (Fsp3) is 0.100. The van der Waals surface area contributed by atoms with E-state index in [1.54, 1.807) is 11.1 Å². The molecule has 0 spiro atoms. The van der Waals surface area contributed by atoms with Gasteiger partial charge >= 0.3 is 0 Å². The molecule has 0 aliphatic rings. The van der Waals surface area contributed by atoms with E-state index in [2.05, 4.69) is 10.5 Å². The molecule has 0 saturated carbocycles. The van der Waals surface area contributed by atoms with Crippen molar-refractivity contribution in [2.75, 3.05) is 4.90 Å². The highest BCUT2D eigenvalue weighted by Crippen LogP contribution is 2.26. The summed E-state index contributed by atoms with van der Waals surface area (Å²) in [6.45, 7) is 0.467. The first kappa shape index (κ1) is 24.4. The van der Waals surface area contributed by atoms with Crippen molar-refractivity contribution in [1.29, 1.82) is 0 Å². The summed E-state index contributed by atoms with van der Waals surface area (Å²) in [5.74, 6) is 0.202. The van der Waals surface area contributed by atoms with Gasteiger partial charge in [0.2, 0.25) is 11.8 Å². The van der Waals surface area contributed by atoms with Gasteiger partial charge in [-0.25, -0.2) is 5.43 Å². The molecule has 0 atom stereocenters. The average Bonchev–Trinajstić information content (AvgIpc) is 2.93. The highest BCUT2D eigenvalue weighted by atomic mass is 16.5. The molecule has 0 fully saturated rings. The summed E-state index contributed by atoms with van der Waals surface area (Å²) in [4.78, 5) is 27.0. The highest BCUT2D eigenvalue weighted by molar-refractivity contribution is 6.01. The first-order valence-electron chi connectivity index (χ1n) is 11.7. The molecular weight excluding hydrogens is 450 g/mol. The number of benzene rings is 4. The zero-order valence-electron chi connectivity index (χ0n) is 19.8. The van der Waals surface area contributed by atoms with E-state index in [0.29, 0.717) is 12.4 Å². The second-order valence-corrected chi connectivity index (χ2v) is 8.04. The molecule has 0 aromatic heterocycles. The van der Waals surface area contributed by atoms with Crippen LogP contribution in [0.1, 0.15) is 24.0 Å². The van der Waals surface area contributed by atoms with Crippen LogP contribution in [0.15, 0.2) is 120 Å². The number of hydrogen-bond donors (Lipinski definition) is 1. The Labute approximate surface area is 210 Å². The van der Waals surface area contributed by atoms with Crippen molar-refractivity contribution in [2.45, 2.75) is 19.4 Å². The minimum atomic E-state index is -0.336. The van der Waals surface area contributed by atoms with E-state index < -0.39 is 0 Å². The minimum absolute atomic E-state index is 0.0204. The third-order valence-corrected chi connectivity index (χ3v) is 5.35. The van der Waals surface area contributed by atoms with Crippen LogP contribution < -0.4 is 15.1 Å². The van der Waals surface area contributed by atoms with Crippen molar-refractivity contribution in [2.24, 2.45) is 5.10 Å². The van der Waals surface area contributed by atoms with Crippen LogP contribution >= 0.6 is 0 Å². The van der Waals surface area contributed by atoms with Crippen LogP contribution in [0.25, 0.3) is 0 Å². The zero-order valence-corrected chi connectivity index (χ0v) is 19.8. The molecule has 0 aliphatic heterocycles. The van der Waals surface area contributed by atoms with E-state index in [9.17, 15) is 9.59 Å². The second kappa shape index (κ2) is 12.7. The van der Waals surface area contributed by atoms with Gasteiger partial charge in [0.1, 0.15) is 12.4 Å². The van der Waals surface area contributed by atoms with Gasteiger partial charge in [-0.05, 0) is 47.5 Å². The number of para-hydroxylation sites is 2. The Hall–Kier alpha value is -4.71. The number of carbonyl (C=O) groups excluding carboxylic acids is 2. The number of rotatable bonds is 10. The second-order valence-electron chi connectivity index (χ2n) is 8.04. The normalized spacial score (nSPS) is 10.7. The first-order valence-corrected chi connectivity index (χ1v) is 11.7. The lowest BCUT2D eigenvalue weighted by atomic mass is 10.2. The molecule has 1 N–H and O–H groups in total. The molecule has 4 rings (SSSR count). The van der Waals surface area contributed by atoms with Crippen LogP contribution in [-0.4, -0.2) is 18.0 Å². The molecule has 0 unspecified atom stereocenters. The molecular formula is C30H27N3O3. The summed E-state index contributed by atoms with van der Waals surface area (Å²) in [6.07, 6.45) is 1.62. The summed E-state index contributed by atoms with van der Waals surface area (Å²) in [5, 5.41) is 4.04. The van der Waals surface area contributed by atoms with E-state index >= 15 is 0 Å². The zero-order chi connectivity index (χ0) is 25.0. The Morgan fingerprint density at radius 3 is 2.00 bits per heavy atom. The summed E-state index contributed by atoms with van der Waals surface area (Å²) in [7, 11) is 0. The Morgan fingerprint density at radius 2 is 1.36 bits per heavy atom. The maximum atomic E-state index is 13.0. The van der Waals surface area contributed by atoms with Gasteiger partial charge in [0, 0.05) is 24.2 Å². The van der Waals surface area contributed by atoms with Gasteiger partial charge in [-0.15, -0.1) is 0 Å². The number of anilines is 2. The summed E-state index contributed by atoms with van der Waals surface area (Å²) in [6, 6.07) is 36.1. The number of hydrogen-bond acceptors (Lipinski definition) is 4. The molecule has 6 heteroatoms. The van der Waals surface area contributed by atoms with E-state index in [1.807, 2.05) is 115 Å². The lowest BCUT2D eigenvalue weighted by Gasteiger charge is -2.23. The van der Waals surface area contributed by atoms with E-state index in [1.165, 1.54) is 0 Å². The molecule has 36 heavy (non-hydrogen) atoms. The van der Waals surface area contributed by atoms with Gasteiger partial charge in [-0.1, -0.05) is 78.9 Å². The molecule has 0 saturated heterocycles. The van der Waals surface area contributed by atoms with Gasteiger partial charge in [0.15, 0.2) is 0 Å². The van der Waals surface area contributed by atoms with Crippen molar-refractivity contribution >= 4 is 29.4 Å². The molecule has 0 aliphatic carbocycles. The van der Waals surface area contributed by atoms with Crippen molar-refractivity contribution < 1.29 is 14.3 Å². The largest absolute Gasteiger partial charge is 0.489 e. The first-order chi connectivity index (χ1) is 17.7. The number of ether oxygens (including phenoxy) is 1. The standard InChI is InChI=1S/C30H27N3O3/c34-29(19-20-30(35)33(26-14-6-2-7-15-26)27-16-8-3-9-17-27)32-31-22-25-13-10-18-28(21-25)36-23-24-11-4-1-5-12-24/h1-18,21-22H,19-20,23H2,(H,32,34).